The summed E-state index contributed by atoms with van der Waals surface area (Å²) in [5.74, 6) is 1.08. The van der Waals surface area contributed by atoms with Gasteiger partial charge in [0.2, 0.25) is 0 Å². The minimum Gasteiger partial charge on any atom is -0.394 e. The number of hydrogen-bond donors (Lipinski definition) is 4. The number of rotatable bonds is 6. The zero-order valence-electron chi connectivity index (χ0n) is 16.4. The Labute approximate surface area is 178 Å². The molecule has 9 nitrogen and oxygen atoms in total. The average Bonchev–Trinajstić information content (AvgIpc) is 3.38. The van der Waals surface area contributed by atoms with Gasteiger partial charge in [-0.15, -0.1) is 0 Å². The number of nitrogens with one attached hydrogen (secondary N) is 3. The minimum absolute atomic E-state index is 0.0722. The Kier molecular flexibility index (Phi) is 5.82. The van der Waals surface area contributed by atoms with Gasteiger partial charge in [-0.1, -0.05) is 11.6 Å². The van der Waals surface area contributed by atoms with E-state index in [2.05, 4.69) is 30.8 Å². The molecule has 10 heteroatoms. The Hall–Kier alpha value is -3.17. The summed E-state index contributed by atoms with van der Waals surface area (Å²) in [6.07, 6.45) is 3.12. The van der Waals surface area contributed by atoms with E-state index < -0.39 is 0 Å². The number of halogens is 1. The van der Waals surface area contributed by atoms with Gasteiger partial charge in [-0.3, -0.25) is 9.89 Å². The lowest BCUT2D eigenvalue weighted by Gasteiger charge is -2.23. The zero-order valence-corrected chi connectivity index (χ0v) is 17.1. The molecule has 0 spiro atoms. The predicted molar refractivity (Wildman–Crippen MR) is 115 cm³/mol. The third-order valence-electron chi connectivity index (χ3n) is 4.89. The highest BCUT2D eigenvalue weighted by atomic mass is 35.5. The van der Waals surface area contributed by atoms with E-state index in [0.29, 0.717) is 29.0 Å². The van der Waals surface area contributed by atoms with Gasteiger partial charge in [0.1, 0.15) is 0 Å². The van der Waals surface area contributed by atoms with Crippen LogP contribution in [0.15, 0.2) is 36.5 Å². The van der Waals surface area contributed by atoms with Crippen LogP contribution in [0, 0.1) is 6.92 Å². The summed E-state index contributed by atoms with van der Waals surface area (Å²) in [6, 6.07) is 8.71. The first-order chi connectivity index (χ1) is 14.5. The number of aliphatic hydroxyl groups excluding tert-OH is 1. The van der Waals surface area contributed by atoms with Gasteiger partial charge < -0.3 is 20.6 Å². The van der Waals surface area contributed by atoms with Crippen LogP contribution in [-0.4, -0.2) is 55.3 Å². The fraction of sp³-hybridized carbons (Fsp3) is 0.300. The average molecular weight is 428 g/mol. The molecule has 1 aliphatic rings. The molecule has 0 aliphatic carbocycles. The number of carbonyl (C=O) groups is 1. The molecule has 1 saturated heterocycles. The summed E-state index contributed by atoms with van der Waals surface area (Å²) in [7, 11) is 0. The second kappa shape index (κ2) is 8.68. The quantitative estimate of drug-likeness (QED) is 0.476. The molecule has 30 heavy (non-hydrogen) atoms. The van der Waals surface area contributed by atoms with Crippen LogP contribution < -0.4 is 10.6 Å². The van der Waals surface area contributed by atoms with Crippen LogP contribution in [0.2, 0.25) is 5.02 Å². The normalized spacial score (nSPS) is 16.0. The SMILES string of the molecule is Cc1cc(Nc2cnc(C(=O)N3CCCC3CO)c(Nc3ccc(Cl)cc3)n2)n[nH]1. The highest BCUT2D eigenvalue weighted by Crippen LogP contribution is 2.26. The zero-order chi connectivity index (χ0) is 21.1. The Morgan fingerprint density at radius 1 is 1.30 bits per heavy atom. The van der Waals surface area contributed by atoms with E-state index in [1.807, 2.05) is 13.0 Å². The number of anilines is 4. The van der Waals surface area contributed by atoms with Crippen molar-refractivity contribution in [3.63, 3.8) is 0 Å². The van der Waals surface area contributed by atoms with E-state index in [4.69, 9.17) is 11.6 Å². The van der Waals surface area contributed by atoms with E-state index in [9.17, 15) is 9.90 Å². The van der Waals surface area contributed by atoms with E-state index in [-0.39, 0.29) is 24.2 Å². The first-order valence-electron chi connectivity index (χ1n) is 9.64. The summed E-state index contributed by atoms with van der Waals surface area (Å²) >= 11 is 5.97. The summed E-state index contributed by atoms with van der Waals surface area (Å²) in [6.45, 7) is 2.41. The molecular formula is C20H22ClN7O2. The molecule has 0 bridgehead atoms. The summed E-state index contributed by atoms with van der Waals surface area (Å²) in [4.78, 5) is 23.8. The third kappa shape index (κ3) is 4.37. The molecule has 4 N–H and O–H groups in total. The first kappa shape index (κ1) is 20.1. The van der Waals surface area contributed by atoms with E-state index in [0.717, 1.165) is 24.2 Å². The molecule has 4 rings (SSSR count). The predicted octanol–water partition coefficient (Wildman–Crippen LogP) is 3.25. The standard InChI is InChI=1S/C20H22ClN7O2/c1-12-9-16(27-26-12)24-17-10-22-18(20(30)28-8-2-3-15(28)11-29)19(25-17)23-14-6-4-13(21)5-7-14/h4-7,9-10,15,29H,2-3,8,11H2,1H3,(H3,23,24,25,26,27). The van der Waals surface area contributed by atoms with E-state index >= 15 is 0 Å². The number of amides is 1. The van der Waals surface area contributed by atoms with Crippen LogP contribution in [0.1, 0.15) is 29.0 Å². The van der Waals surface area contributed by atoms with E-state index in [1.54, 1.807) is 29.2 Å². The fourth-order valence-corrected chi connectivity index (χ4v) is 3.53. The van der Waals surface area contributed by atoms with Crippen LogP contribution in [0.25, 0.3) is 0 Å². The number of aryl methyl sites for hydroxylation is 1. The number of hydrogen-bond acceptors (Lipinski definition) is 7. The van der Waals surface area contributed by atoms with Crippen molar-refractivity contribution in [1.82, 2.24) is 25.1 Å². The van der Waals surface area contributed by atoms with Crippen LogP contribution in [-0.2, 0) is 0 Å². The molecule has 1 aliphatic heterocycles. The maximum Gasteiger partial charge on any atom is 0.276 e. The molecule has 1 unspecified atom stereocenters. The van der Waals surface area contributed by atoms with Crippen LogP contribution >= 0.6 is 11.6 Å². The van der Waals surface area contributed by atoms with Gasteiger partial charge in [-0.25, -0.2) is 9.97 Å². The molecule has 156 valence electrons. The summed E-state index contributed by atoms with van der Waals surface area (Å²) in [5, 5.41) is 23.4. The topological polar surface area (TPSA) is 119 Å². The number of aliphatic hydroxyl groups is 1. The summed E-state index contributed by atoms with van der Waals surface area (Å²) < 4.78 is 0. The van der Waals surface area contributed by atoms with Crippen molar-refractivity contribution >= 4 is 40.6 Å². The van der Waals surface area contributed by atoms with Crippen molar-refractivity contribution in [3.05, 3.63) is 52.9 Å². The van der Waals surface area contributed by atoms with Gasteiger partial charge in [0.15, 0.2) is 23.1 Å². The fourth-order valence-electron chi connectivity index (χ4n) is 3.41. The number of nitrogens with zero attached hydrogens (tertiary/aromatic N) is 4. The van der Waals surface area contributed by atoms with Crippen molar-refractivity contribution in [2.75, 3.05) is 23.8 Å². The largest absolute Gasteiger partial charge is 0.394 e. The molecule has 1 aromatic carbocycles. The van der Waals surface area contributed by atoms with Gasteiger partial charge in [-0.2, -0.15) is 5.10 Å². The second-order valence-corrected chi connectivity index (χ2v) is 7.56. The number of aromatic nitrogens is 4. The van der Waals surface area contributed by atoms with Gasteiger partial charge in [-0.05, 0) is 44.0 Å². The number of aromatic amines is 1. The number of H-pyrrole nitrogens is 1. The third-order valence-corrected chi connectivity index (χ3v) is 5.14. The van der Waals surface area contributed by atoms with Gasteiger partial charge >= 0.3 is 0 Å². The van der Waals surface area contributed by atoms with Crippen molar-refractivity contribution in [1.29, 1.82) is 0 Å². The maximum absolute atomic E-state index is 13.2. The molecule has 1 fully saturated rings. The highest BCUT2D eigenvalue weighted by Gasteiger charge is 2.31. The Balaban J connectivity index is 1.66. The van der Waals surface area contributed by atoms with Gasteiger partial charge in [0.25, 0.3) is 5.91 Å². The Bertz CT molecular complexity index is 1040. The van der Waals surface area contributed by atoms with Crippen LogP contribution in [0.3, 0.4) is 0 Å². The number of carbonyl (C=O) groups excluding carboxylic acids is 1. The molecule has 1 atom stereocenters. The Morgan fingerprint density at radius 3 is 2.80 bits per heavy atom. The monoisotopic (exact) mass is 427 g/mol. The molecule has 1 amide bonds. The number of likely N-dealkylation sites (tertiary alicyclic amines) is 1. The van der Waals surface area contributed by atoms with Crippen LogP contribution in [0.4, 0.5) is 23.1 Å². The lowest BCUT2D eigenvalue weighted by Crippen LogP contribution is -2.38. The van der Waals surface area contributed by atoms with Gasteiger partial charge in [0, 0.05) is 29.0 Å². The highest BCUT2D eigenvalue weighted by molar-refractivity contribution is 6.30. The lowest BCUT2D eigenvalue weighted by atomic mass is 10.2. The molecule has 0 saturated carbocycles. The smallest absolute Gasteiger partial charge is 0.276 e. The molecule has 0 radical (unpaired) electrons. The van der Waals surface area contributed by atoms with Crippen molar-refractivity contribution in [2.24, 2.45) is 0 Å². The summed E-state index contributed by atoms with van der Waals surface area (Å²) in [5.41, 5.74) is 1.81. The van der Waals surface area contributed by atoms with Crippen molar-refractivity contribution < 1.29 is 9.90 Å². The van der Waals surface area contributed by atoms with Crippen LogP contribution in [0.5, 0.6) is 0 Å². The first-order valence-corrected chi connectivity index (χ1v) is 10.0. The number of benzene rings is 1. The van der Waals surface area contributed by atoms with Crippen molar-refractivity contribution in [2.45, 2.75) is 25.8 Å². The maximum atomic E-state index is 13.2. The molecule has 3 heterocycles. The van der Waals surface area contributed by atoms with E-state index in [1.165, 1.54) is 6.20 Å². The van der Waals surface area contributed by atoms with Crippen molar-refractivity contribution in [3.8, 4) is 0 Å². The minimum atomic E-state index is -0.266. The molecule has 3 aromatic rings. The molecular weight excluding hydrogens is 406 g/mol. The Morgan fingerprint density at radius 2 is 2.10 bits per heavy atom. The van der Waals surface area contributed by atoms with Gasteiger partial charge in [0.05, 0.1) is 18.8 Å². The molecule has 2 aromatic heterocycles. The second-order valence-electron chi connectivity index (χ2n) is 7.12. The lowest BCUT2D eigenvalue weighted by molar-refractivity contribution is 0.0672.